The van der Waals surface area contributed by atoms with Crippen molar-refractivity contribution in [2.24, 2.45) is 0 Å². The smallest absolute Gasteiger partial charge is 0.119 e. The molecule has 4 aromatic rings. The van der Waals surface area contributed by atoms with Crippen molar-refractivity contribution in [1.82, 2.24) is 15.0 Å². The lowest BCUT2D eigenvalue weighted by Crippen LogP contribution is -1.97. The standard InChI is InChI=1S/C31H35N3O/c1-2-3-4-5-6-7-8-13-22-35-27-18-16-25(17-19-27)26-23-30(28-14-9-11-20-32-28)34-31(24-26)29-15-10-12-21-33-29/h9-12,14-21,23-24H,2-8,13,22H2,1H3. The van der Waals surface area contributed by atoms with E-state index in [2.05, 4.69) is 53.3 Å². The highest BCUT2D eigenvalue weighted by molar-refractivity contribution is 5.74. The molecule has 0 aliphatic heterocycles. The van der Waals surface area contributed by atoms with E-state index in [1.165, 1.54) is 44.9 Å². The quantitative estimate of drug-likeness (QED) is 0.186. The highest BCUT2D eigenvalue weighted by atomic mass is 16.5. The number of rotatable bonds is 13. The van der Waals surface area contributed by atoms with Gasteiger partial charge in [-0.05, 0) is 66.1 Å². The zero-order valence-corrected chi connectivity index (χ0v) is 20.7. The third kappa shape index (κ3) is 7.48. The van der Waals surface area contributed by atoms with Gasteiger partial charge in [0, 0.05) is 12.4 Å². The number of pyridine rings is 3. The Balaban J connectivity index is 1.41. The zero-order chi connectivity index (χ0) is 24.1. The van der Waals surface area contributed by atoms with Crippen LogP contribution >= 0.6 is 0 Å². The van der Waals surface area contributed by atoms with Gasteiger partial charge in [-0.1, -0.05) is 76.1 Å². The highest BCUT2D eigenvalue weighted by Crippen LogP contribution is 2.30. The Hall–Kier alpha value is -3.53. The summed E-state index contributed by atoms with van der Waals surface area (Å²) < 4.78 is 6.00. The van der Waals surface area contributed by atoms with Crippen molar-refractivity contribution < 1.29 is 4.74 Å². The molecular formula is C31H35N3O. The summed E-state index contributed by atoms with van der Waals surface area (Å²) in [5.74, 6) is 0.917. The van der Waals surface area contributed by atoms with Gasteiger partial charge in [-0.25, -0.2) is 4.98 Å². The summed E-state index contributed by atoms with van der Waals surface area (Å²) >= 11 is 0. The van der Waals surface area contributed by atoms with E-state index in [0.29, 0.717) is 0 Å². The normalized spacial score (nSPS) is 10.9. The van der Waals surface area contributed by atoms with Crippen LogP contribution < -0.4 is 4.74 Å². The maximum atomic E-state index is 6.00. The molecule has 0 spiro atoms. The lowest BCUT2D eigenvalue weighted by atomic mass is 10.0. The summed E-state index contributed by atoms with van der Waals surface area (Å²) in [5.41, 5.74) is 5.54. The average Bonchev–Trinajstić information content (AvgIpc) is 2.93. The van der Waals surface area contributed by atoms with E-state index in [-0.39, 0.29) is 0 Å². The minimum Gasteiger partial charge on any atom is -0.494 e. The summed E-state index contributed by atoms with van der Waals surface area (Å²) in [7, 11) is 0. The Morgan fingerprint density at radius 3 is 1.69 bits per heavy atom. The van der Waals surface area contributed by atoms with Gasteiger partial charge in [0.25, 0.3) is 0 Å². The van der Waals surface area contributed by atoms with Crippen LogP contribution in [0.25, 0.3) is 33.9 Å². The van der Waals surface area contributed by atoms with Gasteiger partial charge in [-0.15, -0.1) is 0 Å². The lowest BCUT2D eigenvalue weighted by molar-refractivity contribution is 0.304. The van der Waals surface area contributed by atoms with Crippen molar-refractivity contribution in [3.8, 4) is 39.7 Å². The Bertz CT molecular complexity index is 1090. The number of ether oxygens (including phenoxy) is 1. The van der Waals surface area contributed by atoms with Gasteiger partial charge in [0.1, 0.15) is 5.75 Å². The minimum atomic E-state index is 0.775. The van der Waals surface area contributed by atoms with E-state index in [1.54, 1.807) is 12.4 Å². The highest BCUT2D eigenvalue weighted by Gasteiger charge is 2.10. The fourth-order valence-corrected chi connectivity index (χ4v) is 4.16. The Morgan fingerprint density at radius 2 is 1.14 bits per heavy atom. The summed E-state index contributed by atoms with van der Waals surface area (Å²) in [5, 5.41) is 0. The van der Waals surface area contributed by atoms with Crippen LogP contribution in [0, 0.1) is 0 Å². The number of aromatic nitrogens is 3. The predicted molar refractivity (Wildman–Crippen MR) is 144 cm³/mol. The second-order valence-corrected chi connectivity index (χ2v) is 8.90. The molecule has 3 heterocycles. The van der Waals surface area contributed by atoms with Crippen LogP contribution in [0.4, 0.5) is 0 Å². The van der Waals surface area contributed by atoms with Crippen molar-refractivity contribution >= 4 is 0 Å². The van der Waals surface area contributed by atoms with Gasteiger partial charge in [0.15, 0.2) is 0 Å². The van der Waals surface area contributed by atoms with Gasteiger partial charge in [0.05, 0.1) is 29.4 Å². The van der Waals surface area contributed by atoms with E-state index in [0.717, 1.165) is 52.7 Å². The van der Waals surface area contributed by atoms with Crippen LogP contribution in [0.5, 0.6) is 5.75 Å². The number of hydrogen-bond donors (Lipinski definition) is 0. The van der Waals surface area contributed by atoms with Gasteiger partial charge in [0.2, 0.25) is 0 Å². The largest absolute Gasteiger partial charge is 0.494 e. The van der Waals surface area contributed by atoms with Crippen LogP contribution in [0.3, 0.4) is 0 Å². The zero-order valence-electron chi connectivity index (χ0n) is 20.7. The van der Waals surface area contributed by atoms with Gasteiger partial charge >= 0.3 is 0 Å². The topological polar surface area (TPSA) is 47.9 Å². The molecule has 0 N–H and O–H groups in total. The van der Waals surface area contributed by atoms with Crippen molar-refractivity contribution in [3.63, 3.8) is 0 Å². The molecule has 180 valence electrons. The summed E-state index contributed by atoms with van der Waals surface area (Å²) in [6.07, 6.45) is 14.0. The lowest BCUT2D eigenvalue weighted by Gasteiger charge is -2.11. The molecular weight excluding hydrogens is 430 g/mol. The maximum Gasteiger partial charge on any atom is 0.119 e. The second kappa shape index (κ2) is 13.4. The molecule has 0 unspecified atom stereocenters. The predicted octanol–water partition coefficient (Wildman–Crippen LogP) is 8.39. The molecule has 1 aromatic carbocycles. The molecule has 0 bridgehead atoms. The first-order valence-electron chi connectivity index (χ1n) is 12.9. The van der Waals surface area contributed by atoms with Crippen LogP contribution in [-0.2, 0) is 0 Å². The molecule has 35 heavy (non-hydrogen) atoms. The van der Waals surface area contributed by atoms with Gasteiger partial charge < -0.3 is 4.74 Å². The van der Waals surface area contributed by atoms with Crippen molar-refractivity contribution in [3.05, 3.63) is 85.2 Å². The molecule has 3 aromatic heterocycles. The third-order valence-electron chi connectivity index (χ3n) is 6.13. The van der Waals surface area contributed by atoms with E-state index < -0.39 is 0 Å². The maximum absolute atomic E-state index is 6.00. The number of hydrogen-bond acceptors (Lipinski definition) is 4. The summed E-state index contributed by atoms with van der Waals surface area (Å²) in [6, 6.07) is 24.3. The molecule has 4 nitrogen and oxygen atoms in total. The first kappa shape index (κ1) is 24.6. The van der Waals surface area contributed by atoms with Crippen LogP contribution in [0.2, 0.25) is 0 Å². The molecule has 0 saturated heterocycles. The van der Waals surface area contributed by atoms with Crippen molar-refractivity contribution in [1.29, 1.82) is 0 Å². The van der Waals surface area contributed by atoms with Crippen molar-refractivity contribution in [2.45, 2.75) is 58.3 Å². The Morgan fingerprint density at radius 1 is 0.571 bits per heavy atom. The number of unbranched alkanes of at least 4 members (excludes halogenated alkanes) is 7. The van der Waals surface area contributed by atoms with Crippen molar-refractivity contribution in [2.75, 3.05) is 6.61 Å². The molecule has 0 amide bonds. The molecule has 0 aliphatic rings. The van der Waals surface area contributed by atoms with E-state index in [1.807, 2.05) is 36.4 Å². The molecule has 0 radical (unpaired) electrons. The third-order valence-corrected chi connectivity index (χ3v) is 6.13. The number of benzene rings is 1. The fraction of sp³-hybridized carbons (Fsp3) is 0.323. The van der Waals surface area contributed by atoms with Gasteiger partial charge in [-0.3, -0.25) is 9.97 Å². The minimum absolute atomic E-state index is 0.775. The second-order valence-electron chi connectivity index (χ2n) is 8.90. The van der Waals surface area contributed by atoms with E-state index in [4.69, 9.17) is 9.72 Å². The van der Waals surface area contributed by atoms with E-state index in [9.17, 15) is 0 Å². The summed E-state index contributed by atoms with van der Waals surface area (Å²) in [6.45, 7) is 3.04. The first-order chi connectivity index (χ1) is 17.3. The van der Waals surface area contributed by atoms with Crippen LogP contribution in [0.1, 0.15) is 58.3 Å². The van der Waals surface area contributed by atoms with Gasteiger partial charge in [-0.2, -0.15) is 0 Å². The average molecular weight is 466 g/mol. The number of nitrogens with zero attached hydrogens (tertiary/aromatic N) is 3. The summed E-state index contributed by atoms with van der Waals surface area (Å²) in [4.78, 5) is 13.9. The molecule has 0 atom stereocenters. The molecule has 0 fully saturated rings. The first-order valence-corrected chi connectivity index (χ1v) is 12.9. The molecule has 4 rings (SSSR count). The molecule has 4 heteroatoms. The van der Waals surface area contributed by atoms with Crippen LogP contribution in [-0.4, -0.2) is 21.6 Å². The molecule has 0 saturated carbocycles. The van der Waals surface area contributed by atoms with E-state index >= 15 is 0 Å². The SMILES string of the molecule is CCCCCCCCCCOc1ccc(-c2cc(-c3ccccn3)nc(-c3ccccn3)c2)cc1. The van der Waals surface area contributed by atoms with Crippen LogP contribution in [0.15, 0.2) is 85.2 Å². The fourth-order valence-electron chi connectivity index (χ4n) is 4.16. The Labute approximate surface area is 209 Å². The Kier molecular flexibility index (Phi) is 9.40. The molecule has 0 aliphatic carbocycles. The monoisotopic (exact) mass is 465 g/mol.